The summed E-state index contributed by atoms with van der Waals surface area (Å²) in [5.41, 5.74) is 6.55. The van der Waals surface area contributed by atoms with Crippen LogP contribution in [0.15, 0.2) is 22.7 Å². The van der Waals surface area contributed by atoms with E-state index < -0.39 is 0 Å². The lowest BCUT2D eigenvalue weighted by molar-refractivity contribution is 0.192. The summed E-state index contributed by atoms with van der Waals surface area (Å²) in [7, 11) is 0. The summed E-state index contributed by atoms with van der Waals surface area (Å²) >= 11 is 3.28. The molecule has 2 rings (SSSR count). The third-order valence-electron chi connectivity index (χ3n) is 3.55. The number of benzene rings is 1. The molecule has 1 fully saturated rings. The summed E-state index contributed by atoms with van der Waals surface area (Å²) < 4.78 is 14.7. The van der Waals surface area contributed by atoms with Crippen molar-refractivity contribution in [1.82, 2.24) is 4.90 Å². The third-order valence-corrected chi connectivity index (χ3v) is 4.04. The van der Waals surface area contributed by atoms with Gasteiger partial charge in [-0.2, -0.15) is 0 Å². The zero-order valence-electron chi connectivity index (χ0n) is 10.00. The third kappa shape index (κ3) is 2.69. The van der Waals surface area contributed by atoms with Gasteiger partial charge in [0.2, 0.25) is 0 Å². The molecule has 2 atom stereocenters. The van der Waals surface area contributed by atoms with Crippen LogP contribution < -0.4 is 5.73 Å². The van der Waals surface area contributed by atoms with Gasteiger partial charge in [0.25, 0.3) is 0 Å². The Hall–Kier alpha value is -0.450. The van der Waals surface area contributed by atoms with Crippen molar-refractivity contribution in [2.45, 2.75) is 31.8 Å². The van der Waals surface area contributed by atoms with Crippen molar-refractivity contribution in [3.63, 3.8) is 0 Å². The fourth-order valence-corrected chi connectivity index (χ4v) is 2.96. The fraction of sp³-hybridized carbons (Fsp3) is 0.538. The molecule has 2 unspecified atom stereocenters. The molecule has 2 N–H and O–H groups in total. The van der Waals surface area contributed by atoms with Gasteiger partial charge in [0.15, 0.2) is 0 Å². The van der Waals surface area contributed by atoms with Crippen molar-refractivity contribution in [2.75, 3.05) is 13.1 Å². The number of halogens is 2. The first-order valence-electron chi connectivity index (χ1n) is 6.04. The molecule has 1 aliphatic heterocycles. The molecule has 1 aromatic carbocycles. The van der Waals surface area contributed by atoms with Crippen LogP contribution in [-0.4, -0.2) is 24.0 Å². The molecule has 1 aliphatic rings. The normalized spacial score (nSPS) is 22.9. The van der Waals surface area contributed by atoms with E-state index in [0.717, 1.165) is 11.0 Å². The lowest BCUT2D eigenvalue weighted by atomic mass is 10.0. The second-order valence-corrected chi connectivity index (χ2v) is 5.56. The van der Waals surface area contributed by atoms with E-state index in [1.165, 1.54) is 18.9 Å². The van der Waals surface area contributed by atoms with Crippen molar-refractivity contribution in [1.29, 1.82) is 0 Å². The van der Waals surface area contributed by atoms with Crippen molar-refractivity contribution in [3.8, 4) is 0 Å². The molecule has 0 radical (unpaired) electrons. The van der Waals surface area contributed by atoms with Gasteiger partial charge < -0.3 is 5.73 Å². The van der Waals surface area contributed by atoms with Gasteiger partial charge in [0.1, 0.15) is 5.82 Å². The number of rotatable bonds is 3. The van der Waals surface area contributed by atoms with Crippen LogP contribution in [0, 0.1) is 5.82 Å². The Morgan fingerprint density at radius 3 is 2.88 bits per heavy atom. The van der Waals surface area contributed by atoms with Crippen LogP contribution in [0.1, 0.15) is 31.4 Å². The van der Waals surface area contributed by atoms with Gasteiger partial charge in [-0.15, -0.1) is 0 Å². The first-order valence-corrected chi connectivity index (χ1v) is 6.83. The molecule has 17 heavy (non-hydrogen) atoms. The van der Waals surface area contributed by atoms with E-state index in [1.807, 2.05) is 12.1 Å². The molecule has 0 spiro atoms. The van der Waals surface area contributed by atoms with Gasteiger partial charge in [-0.25, -0.2) is 4.39 Å². The Morgan fingerprint density at radius 2 is 2.35 bits per heavy atom. The molecule has 0 bridgehead atoms. The Bertz CT molecular complexity index is 397. The van der Waals surface area contributed by atoms with Crippen LogP contribution in [0.5, 0.6) is 0 Å². The van der Waals surface area contributed by atoms with Crippen LogP contribution in [0.4, 0.5) is 4.39 Å². The quantitative estimate of drug-likeness (QED) is 0.929. The topological polar surface area (TPSA) is 29.3 Å². The van der Waals surface area contributed by atoms with E-state index in [2.05, 4.69) is 27.8 Å². The van der Waals surface area contributed by atoms with Gasteiger partial charge in [-0.1, -0.05) is 22.0 Å². The minimum atomic E-state index is -0.172. The average Bonchev–Trinajstić information content (AvgIpc) is 2.69. The number of nitrogens with two attached hydrogens (primary N) is 1. The highest BCUT2D eigenvalue weighted by atomic mass is 79.9. The van der Waals surface area contributed by atoms with Gasteiger partial charge in [-0.05, 0) is 38.4 Å². The van der Waals surface area contributed by atoms with Crippen LogP contribution >= 0.6 is 15.9 Å². The van der Waals surface area contributed by atoms with E-state index in [9.17, 15) is 4.39 Å². The van der Waals surface area contributed by atoms with Crippen LogP contribution in [-0.2, 0) is 0 Å². The molecule has 0 amide bonds. The summed E-state index contributed by atoms with van der Waals surface area (Å²) in [6.07, 6.45) is 2.35. The van der Waals surface area contributed by atoms with Gasteiger partial charge in [-0.3, -0.25) is 4.90 Å². The van der Waals surface area contributed by atoms with Crippen LogP contribution in [0.3, 0.4) is 0 Å². The number of nitrogens with zero attached hydrogens (tertiary/aromatic N) is 1. The number of hydrogen-bond donors (Lipinski definition) is 1. The second kappa shape index (κ2) is 5.46. The summed E-state index contributed by atoms with van der Waals surface area (Å²) in [5, 5.41) is 0. The maximum Gasteiger partial charge on any atom is 0.129 e. The highest BCUT2D eigenvalue weighted by molar-refractivity contribution is 9.10. The van der Waals surface area contributed by atoms with E-state index >= 15 is 0 Å². The lowest BCUT2D eigenvalue weighted by Crippen LogP contribution is -2.36. The zero-order chi connectivity index (χ0) is 12.4. The SMILES string of the molecule is CC1CCCN1C(CN)c1ccc(Br)cc1F. The summed E-state index contributed by atoms with van der Waals surface area (Å²) in [6.45, 7) is 3.66. The first kappa shape index (κ1) is 13.0. The zero-order valence-corrected chi connectivity index (χ0v) is 11.6. The van der Waals surface area contributed by atoms with E-state index in [4.69, 9.17) is 5.73 Å². The maximum atomic E-state index is 14.0. The molecule has 94 valence electrons. The van der Waals surface area contributed by atoms with Gasteiger partial charge in [0, 0.05) is 22.6 Å². The first-order chi connectivity index (χ1) is 8.13. The molecule has 4 heteroatoms. The molecule has 0 aromatic heterocycles. The standard InChI is InChI=1S/C13H18BrFN2/c1-9-3-2-6-17(9)13(8-16)11-5-4-10(14)7-12(11)15/h4-5,7,9,13H,2-3,6,8,16H2,1H3. The summed E-state index contributed by atoms with van der Waals surface area (Å²) in [5.74, 6) is -0.172. The second-order valence-electron chi connectivity index (χ2n) is 4.65. The molecule has 1 aromatic rings. The largest absolute Gasteiger partial charge is 0.329 e. The van der Waals surface area contributed by atoms with Crippen LogP contribution in [0.25, 0.3) is 0 Å². The molecule has 2 nitrogen and oxygen atoms in total. The molecule has 1 heterocycles. The number of likely N-dealkylation sites (tertiary alicyclic amines) is 1. The molecule has 0 saturated carbocycles. The van der Waals surface area contributed by atoms with Gasteiger partial charge in [0.05, 0.1) is 6.04 Å². The van der Waals surface area contributed by atoms with E-state index in [1.54, 1.807) is 0 Å². The van der Waals surface area contributed by atoms with Gasteiger partial charge >= 0.3 is 0 Å². The molecule has 1 saturated heterocycles. The van der Waals surface area contributed by atoms with Crippen molar-refractivity contribution in [3.05, 3.63) is 34.1 Å². The summed E-state index contributed by atoms with van der Waals surface area (Å²) in [6, 6.07) is 5.72. The Labute approximate surface area is 110 Å². The summed E-state index contributed by atoms with van der Waals surface area (Å²) in [4.78, 5) is 2.31. The number of hydrogen-bond acceptors (Lipinski definition) is 2. The Kier molecular flexibility index (Phi) is 4.17. The fourth-order valence-electron chi connectivity index (χ4n) is 2.63. The predicted octanol–water partition coefficient (Wildman–Crippen LogP) is 3.07. The predicted molar refractivity (Wildman–Crippen MR) is 71.3 cm³/mol. The van der Waals surface area contributed by atoms with Crippen molar-refractivity contribution >= 4 is 15.9 Å². The van der Waals surface area contributed by atoms with E-state index in [-0.39, 0.29) is 11.9 Å². The highest BCUT2D eigenvalue weighted by Gasteiger charge is 2.29. The van der Waals surface area contributed by atoms with E-state index in [0.29, 0.717) is 18.2 Å². The Morgan fingerprint density at radius 1 is 1.59 bits per heavy atom. The molecular formula is C13H18BrFN2. The highest BCUT2D eigenvalue weighted by Crippen LogP contribution is 2.30. The molecule has 0 aliphatic carbocycles. The lowest BCUT2D eigenvalue weighted by Gasteiger charge is -2.31. The van der Waals surface area contributed by atoms with Crippen molar-refractivity contribution in [2.24, 2.45) is 5.73 Å². The monoisotopic (exact) mass is 300 g/mol. The Balaban J connectivity index is 2.28. The minimum absolute atomic E-state index is 0.000556. The average molecular weight is 301 g/mol. The minimum Gasteiger partial charge on any atom is -0.329 e. The maximum absolute atomic E-state index is 14.0. The molecular weight excluding hydrogens is 283 g/mol. The van der Waals surface area contributed by atoms with Crippen LogP contribution in [0.2, 0.25) is 0 Å². The van der Waals surface area contributed by atoms with Crippen molar-refractivity contribution < 1.29 is 4.39 Å². The smallest absolute Gasteiger partial charge is 0.129 e.